The van der Waals surface area contributed by atoms with Crippen LogP contribution < -0.4 is 5.69 Å². The van der Waals surface area contributed by atoms with E-state index in [9.17, 15) is 4.79 Å². The summed E-state index contributed by atoms with van der Waals surface area (Å²) in [6.07, 6.45) is 1.66. The summed E-state index contributed by atoms with van der Waals surface area (Å²) < 4.78 is 3.43. The van der Waals surface area contributed by atoms with Crippen LogP contribution in [0, 0.1) is 0 Å². The predicted octanol–water partition coefficient (Wildman–Crippen LogP) is 0.753. The molecule has 0 N–H and O–H groups in total. The van der Waals surface area contributed by atoms with Crippen molar-refractivity contribution >= 4 is 0 Å². The molecule has 1 aliphatic rings. The highest BCUT2D eigenvalue weighted by molar-refractivity contribution is 5.31. The Morgan fingerprint density at radius 2 is 2.00 bits per heavy atom. The van der Waals surface area contributed by atoms with Crippen molar-refractivity contribution in [2.24, 2.45) is 0 Å². The van der Waals surface area contributed by atoms with Gasteiger partial charge in [0, 0.05) is 19.5 Å². The lowest BCUT2D eigenvalue weighted by atomic mass is 10.0. The summed E-state index contributed by atoms with van der Waals surface area (Å²) in [6, 6.07) is 8.39. The molecule has 2 aromatic rings. The van der Waals surface area contributed by atoms with Gasteiger partial charge in [-0.3, -0.25) is 4.57 Å². The summed E-state index contributed by atoms with van der Waals surface area (Å²) in [5.41, 5.74) is 2.64. The molecule has 0 fully saturated rings. The summed E-state index contributed by atoms with van der Waals surface area (Å²) in [7, 11) is 4.00. The predicted molar refractivity (Wildman–Crippen MR) is 78.0 cm³/mol. The number of likely N-dealkylation sites (N-methyl/N-ethyl adjacent to an activating group) is 1. The highest BCUT2D eigenvalue weighted by atomic mass is 16.2. The number of hydrogen-bond donors (Lipinski definition) is 0. The first kappa shape index (κ1) is 13.1. The summed E-state index contributed by atoms with van der Waals surface area (Å²) in [6.45, 7) is 2.20. The zero-order chi connectivity index (χ0) is 14.1. The van der Waals surface area contributed by atoms with Crippen LogP contribution in [-0.4, -0.2) is 39.9 Å². The Bertz CT molecular complexity index is 669. The molecule has 0 saturated heterocycles. The minimum Gasteiger partial charge on any atom is -0.308 e. The third kappa shape index (κ3) is 2.41. The van der Waals surface area contributed by atoms with Crippen LogP contribution in [0.4, 0.5) is 0 Å². The van der Waals surface area contributed by atoms with E-state index in [2.05, 4.69) is 34.3 Å². The van der Waals surface area contributed by atoms with Gasteiger partial charge in [-0.2, -0.15) is 5.10 Å². The molecule has 0 radical (unpaired) electrons. The molecule has 0 bridgehead atoms. The average Bonchev–Trinajstić information content (AvgIpc) is 2.61. The molecule has 106 valence electrons. The molecule has 0 spiro atoms. The van der Waals surface area contributed by atoms with Crippen molar-refractivity contribution < 1.29 is 0 Å². The molecule has 0 unspecified atom stereocenters. The van der Waals surface area contributed by atoms with E-state index >= 15 is 0 Å². The van der Waals surface area contributed by atoms with Crippen LogP contribution in [0.15, 0.2) is 29.1 Å². The van der Waals surface area contributed by atoms with Crippen molar-refractivity contribution in [1.82, 2.24) is 19.2 Å². The number of benzene rings is 1. The summed E-state index contributed by atoms with van der Waals surface area (Å²) in [5.74, 6) is 0.888. The quantitative estimate of drug-likeness (QED) is 0.828. The number of fused-ring (bicyclic) bond motifs is 2. The summed E-state index contributed by atoms with van der Waals surface area (Å²) >= 11 is 0. The molecule has 5 nitrogen and oxygen atoms in total. The van der Waals surface area contributed by atoms with Gasteiger partial charge in [0.1, 0.15) is 5.82 Å². The van der Waals surface area contributed by atoms with Gasteiger partial charge < -0.3 is 4.90 Å². The molecule has 0 amide bonds. The fraction of sp³-hybridized carbons (Fsp3) is 0.467. The Kier molecular flexibility index (Phi) is 3.44. The Morgan fingerprint density at radius 1 is 1.25 bits per heavy atom. The summed E-state index contributed by atoms with van der Waals surface area (Å²) in [4.78, 5) is 14.4. The molecule has 0 atom stereocenters. The van der Waals surface area contributed by atoms with Crippen molar-refractivity contribution in [2.45, 2.75) is 25.9 Å². The lowest BCUT2D eigenvalue weighted by Crippen LogP contribution is -2.29. The molecule has 0 saturated carbocycles. The molecule has 5 heteroatoms. The van der Waals surface area contributed by atoms with Crippen LogP contribution in [0.5, 0.6) is 0 Å². The monoisotopic (exact) mass is 272 g/mol. The van der Waals surface area contributed by atoms with Gasteiger partial charge in [0.25, 0.3) is 0 Å². The second-order valence-electron chi connectivity index (χ2n) is 5.57. The van der Waals surface area contributed by atoms with E-state index in [1.807, 2.05) is 18.7 Å². The van der Waals surface area contributed by atoms with Crippen molar-refractivity contribution in [3.05, 3.63) is 51.7 Å². The first-order valence-corrected chi connectivity index (χ1v) is 7.03. The maximum atomic E-state index is 12.4. The van der Waals surface area contributed by atoms with Gasteiger partial charge in [-0.15, -0.1) is 0 Å². The molecular weight excluding hydrogens is 252 g/mol. The van der Waals surface area contributed by atoms with Gasteiger partial charge in [-0.1, -0.05) is 24.3 Å². The Labute approximate surface area is 118 Å². The van der Waals surface area contributed by atoms with E-state index in [0.717, 1.165) is 31.8 Å². The molecular formula is C15H20N4O. The van der Waals surface area contributed by atoms with Crippen LogP contribution in [-0.2, 0) is 25.9 Å². The third-order valence-electron chi connectivity index (χ3n) is 3.83. The van der Waals surface area contributed by atoms with Crippen molar-refractivity contribution in [1.29, 1.82) is 0 Å². The third-order valence-corrected chi connectivity index (χ3v) is 3.83. The lowest BCUT2D eigenvalue weighted by Gasteiger charge is -2.08. The standard InChI is InChI=1S/C15H20N4O/c1-17(2)9-10-19-15(20)18-8-7-12-5-3-4-6-13(12)11-14(18)16-19/h3-6H,7-11H2,1-2H3. The van der Waals surface area contributed by atoms with Crippen LogP contribution in [0.25, 0.3) is 0 Å². The largest absolute Gasteiger partial charge is 0.345 e. The first-order valence-electron chi connectivity index (χ1n) is 7.03. The maximum Gasteiger partial charge on any atom is 0.345 e. The van der Waals surface area contributed by atoms with Crippen molar-refractivity contribution in [2.75, 3.05) is 20.6 Å². The molecule has 3 rings (SSSR count). The van der Waals surface area contributed by atoms with E-state index < -0.39 is 0 Å². The average molecular weight is 272 g/mol. The molecule has 1 aliphatic heterocycles. The van der Waals surface area contributed by atoms with Gasteiger partial charge in [0.15, 0.2) is 0 Å². The van der Waals surface area contributed by atoms with Gasteiger partial charge in [0.05, 0.1) is 6.54 Å². The van der Waals surface area contributed by atoms with Crippen LogP contribution in [0.2, 0.25) is 0 Å². The highest BCUT2D eigenvalue weighted by Crippen LogP contribution is 2.17. The van der Waals surface area contributed by atoms with E-state index in [4.69, 9.17) is 0 Å². The SMILES string of the molecule is CN(C)CCn1nc2n(c1=O)CCc1ccccc1C2. The highest BCUT2D eigenvalue weighted by Gasteiger charge is 2.18. The fourth-order valence-electron chi connectivity index (χ4n) is 2.66. The molecule has 0 aliphatic carbocycles. The molecule has 1 aromatic carbocycles. The van der Waals surface area contributed by atoms with Gasteiger partial charge in [0.2, 0.25) is 0 Å². The normalized spacial score (nSPS) is 13.9. The number of rotatable bonds is 3. The topological polar surface area (TPSA) is 43.1 Å². The molecule has 2 heterocycles. The Morgan fingerprint density at radius 3 is 2.75 bits per heavy atom. The molecule has 1 aromatic heterocycles. The zero-order valence-electron chi connectivity index (χ0n) is 12.0. The molecule has 20 heavy (non-hydrogen) atoms. The zero-order valence-corrected chi connectivity index (χ0v) is 12.0. The van der Waals surface area contributed by atoms with Crippen LogP contribution in [0.3, 0.4) is 0 Å². The van der Waals surface area contributed by atoms with E-state index in [0.29, 0.717) is 6.54 Å². The van der Waals surface area contributed by atoms with Crippen molar-refractivity contribution in [3.8, 4) is 0 Å². The smallest absolute Gasteiger partial charge is 0.308 e. The summed E-state index contributed by atoms with van der Waals surface area (Å²) in [5, 5.41) is 4.52. The van der Waals surface area contributed by atoms with Gasteiger partial charge in [-0.25, -0.2) is 9.48 Å². The number of nitrogens with zero attached hydrogens (tertiary/aromatic N) is 4. The van der Waals surface area contributed by atoms with Crippen LogP contribution >= 0.6 is 0 Å². The Hall–Kier alpha value is -1.88. The number of hydrogen-bond acceptors (Lipinski definition) is 3. The lowest BCUT2D eigenvalue weighted by molar-refractivity contribution is 0.368. The first-order chi connectivity index (χ1) is 9.65. The minimum absolute atomic E-state index is 0.0228. The van der Waals surface area contributed by atoms with Crippen molar-refractivity contribution in [3.63, 3.8) is 0 Å². The second kappa shape index (κ2) is 5.25. The minimum atomic E-state index is 0.0228. The van der Waals surface area contributed by atoms with E-state index in [-0.39, 0.29) is 5.69 Å². The van der Waals surface area contributed by atoms with E-state index in [1.165, 1.54) is 11.1 Å². The van der Waals surface area contributed by atoms with E-state index in [1.54, 1.807) is 4.68 Å². The second-order valence-corrected chi connectivity index (χ2v) is 5.57. The number of aryl methyl sites for hydroxylation is 1. The van der Waals surface area contributed by atoms with Gasteiger partial charge in [-0.05, 0) is 31.6 Å². The fourth-order valence-corrected chi connectivity index (χ4v) is 2.66. The van der Waals surface area contributed by atoms with Crippen LogP contribution in [0.1, 0.15) is 17.0 Å². The van der Waals surface area contributed by atoms with Gasteiger partial charge >= 0.3 is 5.69 Å². The maximum absolute atomic E-state index is 12.4. The number of aromatic nitrogens is 3. The Balaban J connectivity index is 1.92.